The second-order valence-electron chi connectivity index (χ2n) is 7.33. The molecule has 6 heteroatoms. The summed E-state index contributed by atoms with van der Waals surface area (Å²) in [6, 6.07) is 4.10. The number of H-pyrrole nitrogens is 2. The molecule has 4 nitrogen and oxygen atoms in total. The van der Waals surface area contributed by atoms with Gasteiger partial charge in [-0.15, -0.1) is 0 Å². The Morgan fingerprint density at radius 2 is 0.735 bits per heavy atom. The van der Waals surface area contributed by atoms with E-state index in [-0.39, 0.29) is 34.1 Å². The van der Waals surface area contributed by atoms with Crippen LogP contribution in [-0.4, -0.2) is 19.9 Å². The molecule has 4 fully saturated rings. The molecule has 0 bridgehead atoms. The van der Waals surface area contributed by atoms with Gasteiger partial charge in [0, 0.05) is 11.8 Å². The number of aromatic amines is 2. The summed E-state index contributed by atoms with van der Waals surface area (Å²) >= 11 is 0. The van der Waals surface area contributed by atoms with Crippen LogP contribution in [0.3, 0.4) is 0 Å². The van der Waals surface area contributed by atoms with Crippen molar-refractivity contribution in [2.45, 2.75) is 0 Å². The molecule has 0 aliphatic heterocycles. The van der Waals surface area contributed by atoms with Crippen molar-refractivity contribution in [3.8, 4) is 0 Å². The Bertz CT molecular complexity index is 833. The van der Waals surface area contributed by atoms with E-state index >= 15 is 0 Å². The normalized spacial score (nSPS) is 20.5. The maximum Gasteiger partial charge on any atom is 2.00 e. The molecule has 2 aromatic heterocycles. The summed E-state index contributed by atoms with van der Waals surface area (Å²) in [6.07, 6.45) is 36.3. The minimum atomic E-state index is 0. The second kappa shape index (κ2) is 14.1. The van der Waals surface area contributed by atoms with E-state index in [1.807, 2.05) is 96.0 Å². The Morgan fingerprint density at radius 1 is 0.412 bits per heavy atom. The summed E-state index contributed by atoms with van der Waals surface area (Å²) in [5.74, 6) is 3.99. The number of fused-ring (bicyclic) bond motifs is 2. The zero-order chi connectivity index (χ0) is 21.6. The fourth-order valence-electron chi connectivity index (χ4n) is 3.49. The molecule has 4 aliphatic rings. The van der Waals surface area contributed by atoms with Gasteiger partial charge in [-0.05, 0) is 128 Å². The van der Waals surface area contributed by atoms with Crippen molar-refractivity contribution in [2.75, 3.05) is 0 Å². The first-order chi connectivity index (χ1) is 15.9. The third kappa shape index (κ3) is 7.12. The van der Waals surface area contributed by atoms with Crippen LogP contribution in [-0.2, 0) is 34.1 Å². The number of aromatic nitrogens is 4. The fourth-order valence-corrected chi connectivity index (χ4v) is 3.49. The molecule has 0 amide bonds. The van der Waals surface area contributed by atoms with Crippen LogP contribution in [0.1, 0.15) is 11.6 Å². The Kier molecular flexibility index (Phi) is 11.5. The van der Waals surface area contributed by atoms with Gasteiger partial charge in [0.25, 0.3) is 0 Å². The van der Waals surface area contributed by atoms with Gasteiger partial charge in [0.15, 0.2) is 0 Å². The molecule has 7 rings (SSSR count). The van der Waals surface area contributed by atoms with Crippen molar-refractivity contribution in [1.29, 1.82) is 0 Å². The molecule has 3 aromatic rings. The van der Waals surface area contributed by atoms with E-state index in [2.05, 4.69) is 51.7 Å². The van der Waals surface area contributed by atoms with Gasteiger partial charge >= 0.3 is 34.1 Å². The Hall–Kier alpha value is -0.801. The van der Waals surface area contributed by atoms with Gasteiger partial charge < -0.3 is 9.97 Å². The van der Waals surface area contributed by atoms with Gasteiger partial charge in [-0.25, -0.2) is 9.97 Å². The van der Waals surface area contributed by atoms with Crippen LogP contribution in [0.15, 0.2) is 12.1 Å². The summed E-state index contributed by atoms with van der Waals surface area (Å²) in [5.41, 5.74) is 3.90. The number of rotatable bonds is 2. The number of hydrogen-bond acceptors (Lipinski definition) is 2. The van der Waals surface area contributed by atoms with Gasteiger partial charge in [0.05, 0.1) is 22.1 Å². The monoisotopic (exact) mass is 526 g/mol. The smallest absolute Gasteiger partial charge is 0.341 e. The summed E-state index contributed by atoms with van der Waals surface area (Å²) in [7, 11) is 0. The average molecular weight is 526 g/mol. The predicted molar refractivity (Wildman–Crippen MR) is 128 cm³/mol. The predicted octanol–water partition coefficient (Wildman–Crippen LogP) is 4.98. The molecule has 0 unspecified atom stereocenters. The van der Waals surface area contributed by atoms with Crippen LogP contribution < -0.4 is 0 Å². The van der Waals surface area contributed by atoms with E-state index in [9.17, 15) is 0 Å². The summed E-state index contributed by atoms with van der Waals surface area (Å²) < 4.78 is 0. The van der Waals surface area contributed by atoms with E-state index in [0.717, 1.165) is 45.6 Å². The van der Waals surface area contributed by atoms with Crippen LogP contribution in [0.5, 0.6) is 0 Å². The first-order valence-corrected chi connectivity index (χ1v) is 10.5. The zero-order valence-corrected chi connectivity index (χ0v) is 20.4. The molecule has 2 N–H and O–H groups in total. The minimum absolute atomic E-state index is 0. The molecule has 2 heterocycles. The molecule has 0 atom stereocenters. The van der Waals surface area contributed by atoms with Crippen molar-refractivity contribution < 1.29 is 34.1 Å². The molecule has 0 saturated heterocycles. The number of nitrogens with zero attached hydrogens (tertiary/aromatic N) is 2. The molecule has 4 aliphatic carbocycles. The first kappa shape index (κ1) is 27.8. The average Bonchev–Trinajstić information content (AvgIpc) is 3.67. The van der Waals surface area contributed by atoms with Crippen molar-refractivity contribution in [1.82, 2.24) is 19.9 Å². The molecule has 20 radical (unpaired) electrons. The van der Waals surface area contributed by atoms with Gasteiger partial charge in [-0.2, -0.15) is 0 Å². The molecule has 34 heavy (non-hydrogen) atoms. The minimum Gasteiger partial charge on any atom is -0.341 e. The fraction of sp³-hybridized carbons (Fsp3) is 0. The molecule has 1 aromatic carbocycles. The van der Waals surface area contributed by atoms with Crippen LogP contribution in [0.25, 0.3) is 22.1 Å². The van der Waals surface area contributed by atoms with Crippen LogP contribution in [0.2, 0.25) is 0 Å². The van der Waals surface area contributed by atoms with Crippen LogP contribution in [0, 0.1) is 127 Å². The Morgan fingerprint density at radius 3 is 1.06 bits per heavy atom. The maximum absolute atomic E-state index is 4.67. The SMILES string of the molecule is [CH]1[CH][CH][CH][CH]1.[CH]1[CH][CH][CH][CH]1.[CH]1[CH][CH][C](c2nc3cc4nc([C]5[CH][CH][CH][CH]5)[nH]c4cc3[nH]2)[CH]1.[Fe+2].[Fe+2]. The van der Waals surface area contributed by atoms with Gasteiger partial charge in [0.1, 0.15) is 11.6 Å². The van der Waals surface area contributed by atoms with Crippen molar-refractivity contribution in [3.63, 3.8) is 0 Å². The second-order valence-corrected chi connectivity index (χ2v) is 7.33. The van der Waals surface area contributed by atoms with Crippen molar-refractivity contribution in [2.24, 2.45) is 0 Å². The van der Waals surface area contributed by atoms with E-state index in [1.165, 1.54) is 0 Å². The first-order valence-electron chi connectivity index (χ1n) is 10.5. The van der Waals surface area contributed by atoms with E-state index in [4.69, 9.17) is 0 Å². The third-order valence-corrected chi connectivity index (χ3v) is 5.07. The molecule has 0 spiro atoms. The Balaban J connectivity index is 0.000000226. The van der Waals surface area contributed by atoms with Gasteiger partial charge in [0.2, 0.25) is 0 Å². The van der Waals surface area contributed by atoms with Crippen molar-refractivity contribution in [3.05, 3.63) is 151 Å². The number of benzene rings is 1. The largest absolute Gasteiger partial charge is 2.00 e. The van der Waals surface area contributed by atoms with E-state index < -0.39 is 0 Å². The van der Waals surface area contributed by atoms with Crippen LogP contribution >= 0.6 is 0 Å². The number of nitrogens with one attached hydrogen (secondary N) is 2. The molecular weight excluding hydrogens is 504 g/mol. The molecule has 166 valence electrons. The summed E-state index contributed by atoms with van der Waals surface area (Å²) in [5, 5.41) is 0. The number of imidazole rings is 2. The topological polar surface area (TPSA) is 57.4 Å². The zero-order valence-electron chi connectivity index (χ0n) is 18.1. The molecular formula is C28H22Fe2N4+4. The third-order valence-electron chi connectivity index (χ3n) is 5.07. The quantitative estimate of drug-likeness (QED) is 0.463. The Labute approximate surface area is 226 Å². The van der Waals surface area contributed by atoms with Gasteiger partial charge in [-0.3, -0.25) is 0 Å². The summed E-state index contributed by atoms with van der Waals surface area (Å²) in [6.45, 7) is 0. The standard InChI is InChI=1S/C18H12N4.2C5H5.2Fe/c1-2-6-11(5-1)17-19-13-9-15-16(10-14(13)20-17)22-18(21-15)12-7-3-4-8-12;2*1-2-4-5-3-1;;/h1-10H,(H,19,20)(H,21,22);2*1-5H;;/q;;;2*+2. The maximum atomic E-state index is 4.67. The van der Waals surface area contributed by atoms with E-state index in [0.29, 0.717) is 0 Å². The van der Waals surface area contributed by atoms with Gasteiger partial charge in [-0.1, -0.05) is 0 Å². The summed E-state index contributed by atoms with van der Waals surface area (Å²) in [4.78, 5) is 16.1. The van der Waals surface area contributed by atoms with E-state index in [1.54, 1.807) is 0 Å². The number of hydrogen-bond donors (Lipinski definition) is 2. The van der Waals surface area contributed by atoms with Crippen LogP contribution in [0.4, 0.5) is 0 Å². The molecule has 4 saturated carbocycles. The van der Waals surface area contributed by atoms with Crippen molar-refractivity contribution >= 4 is 22.1 Å².